The van der Waals surface area contributed by atoms with Gasteiger partial charge in [-0.25, -0.2) is 0 Å². The standard InChI is InChI=1S/C20H26N2O2/c23-14-19-18-12-16(6-4-15(18)5-7-20(19)24)22-11-8-17(13-22)21-9-2-1-3-10-21/h4-7,12,17,23-24H,1-3,8-11,13-14H2. The lowest BCUT2D eigenvalue weighted by Crippen LogP contribution is -2.40. The zero-order chi connectivity index (χ0) is 16.5. The number of nitrogens with zero attached hydrogens (tertiary/aromatic N) is 2. The zero-order valence-corrected chi connectivity index (χ0v) is 14.1. The van der Waals surface area contributed by atoms with Crippen molar-refractivity contribution < 1.29 is 10.2 Å². The molecule has 0 saturated carbocycles. The Morgan fingerprint density at radius 1 is 1.00 bits per heavy atom. The number of rotatable bonds is 3. The maximum absolute atomic E-state index is 10.00. The second-order valence-electron chi connectivity index (χ2n) is 7.11. The van der Waals surface area contributed by atoms with Crippen LogP contribution in [0.3, 0.4) is 0 Å². The van der Waals surface area contributed by atoms with Crippen LogP contribution in [0.25, 0.3) is 10.8 Å². The average molecular weight is 326 g/mol. The number of hydrogen-bond acceptors (Lipinski definition) is 4. The molecule has 2 fully saturated rings. The summed E-state index contributed by atoms with van der Waals surface area (Å²) in [6, 6.07) is 10.6. The molecule has 4 rings (SSSR count). The minimum Gasteiger partial charge on any atom is -0.508 e. The molecule has 0 amide bonds. The van der Waals surface area contributed by atoms with Gasteiger partial charge in [0.1, 0.15) is 5.75 Å². The number of phenols is 1. The predicted octanol–water partition coefficient (Wildman–Crippen LogP) is 3.10. The first-order chi connectivity index (χ1) is 11.8. The highest BCUT2D eigenvalue weighted by Crippen LogP contribution is 2.32. The Morgan fingerprint density at radius 3 is 2.58 bits per heavy atom. The van der Waals surface area contributed by atoms with Gasteiger partial charge in [-0.2, -0.15) is 0 Å². The number of aliphatic hydroxyl groups is 1. The van der Waals surface area contributed by atoms with E-state index in [9.17, 15) is 10.2 Å². The summed E-state index contributed by atoms with van der Waals surface area (Å²) < 4.78 is 0. The van der Waals surface area contributed by atoms with E-state index in [-0.39, 0.29) is 12.4 Å². The van der Waals surface area contributed by atoms with Crippen molar-refractivity contribution >= 4 is 16.5 Å². The molecule has 2 aromatic carbocycles. The molecule has 0 aliphatic carbocycles. The quantitative estimate of drug-likeness (QED) is 0.910. The molecule has 24 heavy (non-hydrogen) atoms. The Hall–Kier alpha value is -1.78. The van der Waals surface area contributed by atoms with Gasteiger partial charge in [-0.05, 0) is 61.3 Å². The van der Waals surface area contributed by atoms with Gasteiger partial charge >= 0.3 is 0 Å². The monoisotopic (exact) mass is 326 g/mol. The highest BCUT2D eigenvalue weighted by molar-refractivity contribution is 5.90. The summed E-state index contributed by atoms with van der Waals surface area (Å²) in [4.78, 5) is 5.11. The highest BCUT2D eigenvalue weighted by atomic mass is 16.3. The van der Waals surface area contributed by atoms with Gasteiger partial charge in [0.15, 0.2) is 0 Å². The van der Waals surface area contributed by atoms with Crippen molar-refractivity contribution in [1.82, 2.24) is 4.90 Å². The van der Waals surface area contributed by atoms with Crippen molar-refractivity contribution in [3.05, 3.63) is 35.9 Å². The van der Waals surface area contributed by atoms with E-state index in [4.69, 9.17) is 0 Å². The van der Waals surface area contributed by atoms with Crippen molar-refractivity contribution in [3.8, 4) is 5.75 Å². The van der Waals surface area contributed by atoms with Crippen LogP contribution in [0.15, 0.2) is 30.3 Å². The molecular formula is C20H26N2O2. The van der Waals surface area contributed by atoms with E-state index in [0.717, 1.165) is 23.9 Å². The summed E-state index contributed by atoms with van der Waals surface area (Å²) in [5, 5.41) is 21.6. The molecule has 0 bridgehead atoms. The van der Waals surface area contributed by atoms with Crippen molar-refractivity contribution in [2.24, 2.45) is 0 Å². The van der Waals surface area contributed by atoms with Crippen LogP contribution >= 0.6 is 0 Å². The summed E-state index contributed by atoms with van der Waals surface area (Å²) in [6.45, 7) is 4.53. The third-order valence-corrected chi connectivity index (χ3v) is 5.69. The third-order valence-electron chi connectivity index (χ3n) is 5.69. The number of anilines is 1. The highest BCUT2D eigenvalue weighted by Gasteiger charge is 2.28. The molecule has 128 valence electrons. The number of hydrogen-bond donors (Lipinski definition) is 2. The number of likely N-dealkylation sites (tertiary alicyclic amines) is 1. The lowest BCUT2D eigenvalue weighted by atomic mass is 10.0. The molecular weight excluding hydrogens is 300 g/mol. The molecule has 1 unspecified atom stereocenters. The molecule has 0 spiro atoms. The molecule has 0 aromatic heterocycles. The summed E-state index contributed by atoms with van der Waals surface area (Å²) in [7, 11) is 0. The summed E-state index contributed by atoms with van der Waals surface area (Å²) in [5.41, 5.74) is 1.82. The Balaban J connectivity index is 1.58. The minimum atomic E-state index is -0.136. The first-order valence-corrected chi connectivity index (χ1v) is 9.11. The van der Waals surface area contributed by atoms with Crippen LogP contribution in [0.2, 0.25) is 0 Å². The van der Waals surface area contributed by atoms with Crippen LogP contribution in [0.4, 0.5) is 5.69 Å². The number of piperidine rings is 1. The van der Waals surface area contributed by atoms with Crippen LogP contribution in [0, 0.1) is 0 Å². The van der Waals surface area contributed by atoms with Crippen molar-refractivity contribution in [1.29, 1.82) is 0 Å². The zero-order valence-electron chi connectivity index (χ0n) is 14.1. The minimum absolute atomic E-state index is 0.136. The van der Waals surface area contributed by atoms with Crippen LogP contribution in [0.5, 0.6) is 5.75 Å². The number of fused-ring (bicyclic) bond motifs is 1. The van der Waals surface area contributed by atoms with E-state index >= 15 is 0 Å². The van der Waals surface area contributed by atoms with Gasteiger partial charge in [0.25, 0.3) is 0 Å². The van der Waals surface area contributed by atoms with Crippen LogP contribution in [0.1, 0.15) is 31.2 Å². The molecule has 2 N–H and O–H groups in total. The molecule has 2 aliphatic rings. The fraction of sp³-hybridized carbons (Fsp3) is 0.500. The van der Waals surface area contributed by atoms with Crippen LogP contribution in [-0.2, 0) is 6.61 Å². The molecule has 2 aromatic rings. The largest absolute Gasteiger partial charge is 0.508 e. The molecule has 0 radical (unpaired) electrons. The predicted molar refractivity (Wildman–Crippen MR) is 97.6 cm³/mol. The molecule has 2 saturated heterocycles. The summed E-state index contributed by atoms with van der Waals surface area (Å²) >= 11 is 0. The first kappa shape index (κ1) is 15.7. The molecule has 2 heterocycles. The van der Waals surface area contributed by atoms with E-state index in [2.05, 4.69) is 28.0 Å². The molecule has 4 nitrogen and oxygen atoms in total. The smallest absolute Gasteiger partial charge is 0.121 e. The van der Waals surface area contributed by atoms with Crippen molar-refractivity contribution in [3.63, 3.8) is 0 Å². The Labute approximate surface area is 143 Å². The van der Waals surface area contributed by atoms with E-state index < -0.39 is 0 Å². The van der Waals surface area contributed by atoms with E-state index in [0.29, 0.717) is 11.6 Å². The van der Waals surface area contributed by atoms with E-state index in [1.165, 1.54) is 44.5 Å². The maximum Gasteiger partial charge on any atom is 0.121 e. The van der Waals surface area contributed by atoms with Gasteiger partial charge in [0.2, 0.25) is 0 Å². The summed E-state index contributed by atoms with van der Waals surface area (Å²) in [5.74, 6) is 0.176. The van der Waals surface area contributed by atoms with Crippen molar-refractivity contribution in [2.75, 3.05) is 31.1 Å². The molecule has 2 aliphatic heterocycles. The van der Waals surface area contributed by atoms with Gasteiger partial charge in [-0.3, -0.25) is 4.90 Å². The van der Waals surface area contributed by atoms with Gasteiger partial charge in [-0.1, -0.05) is 18.6 Å². The van der Waals surface area contributed by atoms with E-state index in [1.807, 2.05) is 6.07 Å². The normalized spacial score (nSPS) is 22.4. The summed E-state index contributed by atoms with van der Waals surface area (Å²) in [6.07, 6.45) is 5.28. The first-order valence-electron chi connectivity index (χ1n) is 9.11. The lowest BCUT2D eigenvalue weighted by Gasteiger charge is -2.32. The lowest BCUT2D eigenvalue weighted by molar-refractivity contribution is 0.175. The van der Waals surface area contributed by atoms with Gasteiger partial charge in [-0.15, -0.1) is 0 Å². The fourth-order valence-electron chi connectivity index (χ4n) is 4.28. The van der Waals surface area contributed by atoms with Crippen LogP contribution < -0.4 is 4.90 Å². The van der Waals surface area contributed by atoms with Gasteiger partial charge in [0, 0.05) is 30.4 Å². The SMILES string of the molecule is OCc1c(O)ccc2ccc(N3CCC(N4CCCCC4)C3)cc12. The van der Waals surface area contributed by atoms with Gasteiger partial charge in [0.05, 0.1) is 6.61 Å². The van der Waals surface area contributed by atoms with Crippen LogP contribution in [-0.4, -0.2) is 47.3 Å². The number of benzene rings is 2. The molecule has 1 atom stereocenters. The molecule has 4 heteroatoms. The number of aromatic hydroxyl groups is 1. The maximum atomic E-state index is 10.00. The number of aliphatic hydroxyl groups excluding tert-OH is 1. The average Bonchev–Trinajstić information content (AvgIpc) is 3.12. The second kappa shape index (κ2) is 6.61. The van der Waals surface area contributed by atoms with Crippen molar-refractivity contribution in [2.45, 2.75) is 38.3 Å². The topological polar surface area (TPSA) is 46.9 Å². The van der Waals surface area contributed by atoms with E-state index in [1.54, 1.807) is 6.07 Å². The Morgan fingerprint density at radius 2 is 1.79 bits per heavy atom. The fourth-order valence-corrected chi connectivity index (χ4v) is 4.28. The second-order valence-corrected chi connectivity index (χ2v) is 7.11. The Bertz CT molecular complexity index is 725. The van der Waals surface area contributed by atoms with Gasteiger partial charge < -0.3 is 15.1 Å². The Kier molecular flexibility index (Phi) is 4.33. The third kappa shape index (κ3) is 2.85.